The van der Waals surface area contributed by atoms with Gasteiger partial charge in [0, 0.05) is 44.1 Å². The van der Waals surface area contributed by atoms with Gasteiger partial charge in [0.15, 0.2) is 0 Å². The lowest BCUT2D eigenvalue weighted by Crippen LogP contribution is -2.59. The van der Waals surface area contributed by atoms with Gasteiger partial charge in [0.1, 0.15) is 0 Å². The summed E-state index contributed by atoms with van der Waals surface area (Å²) in [6.45, 7) is 4.96. The highest BCUT2D eigenvalue weighted by atomic mass is 16.2. The largest absolute Gasteiger partial charge is 0.342 e. The Bertz CT molecular complexity index is 459. The molecule has 3 fully saturated rings. The molecule has 2 N–H and O–H groups in total. The van der Waals surface area contributed by atoms with Crippen LogP contribution in [0.5, 0.6) is 0 Å². The van der Waals surface area contributed by atoms with Gasteiger partial charge in [-0.05, 0) is 31.6 Å². The van der Waals surface area contributed by atoms with Crippen molar-refractivity contribution in [2.24, 2.45) is 17.1 Å². The number of amides is 2. The highest BCUT2D eigenvalue weighted by Gasteiger charge is 2.43. The van der Waals surface area contributed by atoms with Gasteiger partial charge in [0.2, 0.25) is 11.8 Å². The molecule has 5 heteroatoms. The summed E-state index contributed by atoms with van der Waals surface area (Å²) in [6, 6.07) is 0.294. The van der Waals surface area contributed by atoms with Gasteiger partial charge in [-0.3, -0.25) is 9.59 Å². The van der Waals surface area contributed by atoms with E-state index in [1.165, 1.54) is 19.3 Å². The van der Waals surface area contributed by atoms with E-state index >= 15 is 0 Å². The van der Waals surface area contributed by atoms with Crippen LogP contribution >= 0.6 is 0 Å². The average molecular weight is 321 g/mol. The van der Waals surface area contributed by atoms with Gasteiger partial charge in [-0.25, -0.2) is 0 Å². The molecule has 23 heavy (non-hydrogen) atoms. The van der Waals surface area contributed by atoms with Crippen molar-refractivity contribution >= 4 is 11.8 Å². The van der Waals surface area contributed by atoms with Crippen molar-refractivity contribution in [2.45, 2.75) is 64.3 Å². The van der Waals surface area contributed by atoms with Gasteiger partial charge >= 0.3 is 0 Å². The highest BCUT2D eigenvalue weighted by molar-refractivity contribution is 5.83. The molecule has 0 aromatic rings. The van der Waals surface area contributed by atoms with E-state index in [1.54, 1.807) is 0 Å². The maximum absolute atomic E-state index is 13.0. The first-order valence-corrected chi connectivity index (χ1v) is 9.34. The number of rotatable bonds is 3. The molecule has 0 spiro atoms. The topological polar surface area (TPSA) is 66.6 Å². The summed E-state index contributed by atoms with van der Waals surface area (Å²) < 4.78 is 0. The summed E-state index contributed by atoms with van der Waals surface area (Å²) in [6.07, 6.45) is 8.15. The van der Waals surface area contributed by atoms with Crippen LogP contribution in [0.25, 0.3) is 0 Å². The highest BCUT2D eigenvalue weighted by Crippen LogP contribution is 2.39. The number of carbonyl (C=O) groups is 2. The maximum atomic E-state index is 13.0. The van der Waals surface area contributed by atoms with Gasteiger partial charge in [0.25, 0.3) is 0 Å². The van der Waals surface area contributed by atoms with Crippen molar-refractivity contribution in [2.75, 3.05) is 26.2 Å². The predicted molar refractivity (Wildman–Crippen MR) is 89.7 cm³/mol. The van der Waals surface area contributed by atoms with Crippen LogP contribution < -0.4 is 5.73 Å². The average Bonchev–Trinajstić information content (AvgIpc) is 2.57. The normalized spacial score (nSPS) is 31.0. The Morgan fingerprint density at radius 3 is 2.70 bits per heavy atom. The van der Waals surface area contributed by atoms with Crippen LogP contribution in [0.15, 0.2) is 0 Å². The minimum atomic E-state index is -0.146. The minimum Gasteiger partial charge on any atom is -0.342 e. The lowest BCUT2D eigenvalue weighted by molar-refractivity contribution is -0.150. The zero-order chi connectivity index (χ0) is 16.4. The molecule has 1 aliphatic carbocycles. The van der Waals surface area contributed by atoms with Crippen molar-refractivity contribution in [1.29, 1.82) is 0 Å². The second-order valence-corrected chi connectivity index (χ2v) is 7.90. The van der Waals surface area contributed by atoms with Crippen molar-refractivity contribution in [3.63, 3.8) is 0 Å². The SMILES string of the molecule is CC1(C(=O)N2CC[C@@H]3[C@@H](CCC(=O)N3CCN)C2)CCCCC1. The Labute approximate surface area is 139 Å². The molecule has 2 heterocycles. The molecule has 3 aliphatic rings. The molecule has 0 bridgehead atoms. The smallest absolute Gasteiger partial charge is 0.228 e. The number of hydrogen-bond acceptors (Lipinski definition) is 3. The molecular formula is C18H31N3O2. The molecule has 2 aliphatic heterocycles. The molecule has 2 atom stereocenters. The minimum absolute atomic E-state index is 0.146. The van der Waals surface area contributed by atoms with Crippen LogP contribution in [0.3, 0.4) is 0 Å². The second-order valence-electron chi connectivity index (χ2n) is 7.90. The standard InChI is InChI=1S/C18H31N3O2/c1-18(8-3-2-4-9-18)17(23)20-11-7-15-14(13-20)5-6-16(22)21(15)12-10-19/h14-15H,2-13,19H2,1H3/t14-,15+/m0/s1. The quantitative estimate of drug-likeness (QED) is 0.861. The third-order valence-corrected chi connectivity index (χ3v) is 6.27. The van der Waals surface area contributed by atoms with E-state index in [2.05, 4.69) is 11.8 Å². The van der Waals surface area contributed by atoms with E-state index in [0.717, 1.165) is 38.8 Å². The number of nitrogens with zero attached hydrogens (tertiary/aromatic N) is 2. The zero-order valence-corrected chi connectivity index (χ0v) is 14.4. The third-order valence-electron chi connectivity index (χ3n) is 6.27. The van der Waals surface area contributed by atoms with Gasteiger partial charge in [-0.1, -0.05) is 26.2 Å². The first kappa shape index (κ1) is 16.7. The van der Waals surface area contributed by atoms with E-state index in [0.29, 0.717) is 37.4 Å². The van der Waals surface area contributed by atoms with Gasteiger partial charge in [-0.2, -0.15) is 0 Å². The first-order chi connectivity index (χ1) is 11.0. The van der Waals surface area contributed by atoms with Gasteiger partial charge in [0.05, 0.1) is 0 Å². The molecule has 0 aromatic heterocycles. The molecule has 1 saturated carbocycles. The fraction of sp³-hybridized carbons (Fsp3) is 0.889. The number of likely N-dealkylation sites (tertiary alicyclic amines) is 2. The van der Waals surface area contributed by atoms with E-state index < -0.39 is 0 Å². The van der Waals surface area contributed by atoms with Crippen molar-refractivity contribution in [3.05, 3.63) is 0 Å². The summed E-state index contributed by atoms with van der Waals surface area (Å²) in [4.78, 5) is 29.3. The zero-order valence-electron chi connectivity index (χ0n) is 14.4. The van der Waals surface area contributed by atoms with E-state index in [-0.39, 0.29) is 11.3 Å². The third kappa shape index (κ3) is 3.25. The molecule has 0 aromatic carbocycles. The van der Waals surface area contributed by atoms with Gasteiger partial charge in [-0.15, -0.1) is 0 Å². The van der Waals surface area contributed by atoms with Crippen LogP contribution in [0.1, 0.15) is 58.3 Å². The van der Waals surface area contributed by atoms with E-state index in [9.17, 15) is 9.59 Å². The Hall–Kier alpha value is -1.10. The molecule has 2 amide bonds. The Morgan fingerprint density at radius 1 is 1.26 bits per heavy atom. The summed E-state index contributed by atoms with van der Waals surface area (Å²) in [5.74, 6) is 1.04. The van der Waals surface area contributed by atoms with Gasteiger partial charge < -0.3 is 15.5 Å². The Kier molecular flexibility index (Phi) is 4.95. The monoisotopic (exact) mass is 321 g/mol. The maximum Gasteiger partial charge on any atom is 0.228 e. The number of carbonyl (C=O) groups excluding carboxylic acids is 2. The fourth-order valence-corrected chi connectivity index (χ4v) is 4.89. The van der Waals surface area contributed by atoms with E-state index in [4.69, 9.17) is 5.73 Å². The lowest BCUT2D eigenvalue weighted by Gasteiger charge is -2.48. The van der Waals surface area contributed by atoms with Crippen LogP contribution in [-0.2, 0) is 9.59 Å². The van der Waals surface area contributed by atoms with Crippen molar-refractivity contribution in [3.8, 4) is 0 Å². The molecule has 3 rings (SSSR count). The number of piperidine rings is 2. The van der Waals surface area contributed by atoms with E-state index in [1.807, 2.05) is 4.90 Å². The summed E-state index contributed by atoms with van der Waals surface area (Å²) in [5.41, 5.74) is 5.53. The molecule has 0 unspecified atom stereocenters. The number of hydrogen-bond donors (Lipinski definition) is 1. The summed E-state index contributed by atoms with van der Waals surface area (Å²) in [5, 5.41) is 0. The van der Waals surface area contributed by atoms with Crippen molar-refractivity contribution < 1.29 is 9.59 Å². The molecule has 5 nitrogen and oxygen atoms in total. The molecule has 130 valence electrons. The summed E-state index contributed by atoms with van der Waals surface area (Å²) in [7, 11) is 0. The molecule has 0 radical (unpaired) electrons. The molecular weight excluding hydrogens is 290 g/mol. The van der Waals surface area contributed by atoms with Crippen LogP contribution in [-0.4, -0.2) is 53.8 Å². The number of fused-ring (bicyclic) bond motifs is 1. The van der Waals surface area contributed by atoms with Crippen LogP contribution in [0.4, 0.5) is 0 Å². The second kappa shape index (κ2) is 6.80. The van der Waals surface area contributed by atoms with Crippen LogP contribution in [0, 0.1) is 11.3 Å². The predicted octanol–water partition coefficient (Wildman–Crippen LogP) is 1.75. The Morgan fingerprint density at radius 2 is 2.00 bits per heavy atom. The number of nitrogens with two attached hydrogens (primary N) is 1. The van der Waals surface area contributed by atoms with Crippen molar-refractivity contribution in [1.82, 2.24) is 9.80 Å². The summed E-state index contributed by atoms with van der Waals surface area (Å²) >= 11 is 0. The fourth-order valence-electron chi connectivity index (χ4n) is 4.89. The first-order valence-electron chi connectivity index (χ1n) is 9.34. The Balaban J connectivity index is 1.66. The van der Waals surface area contributed by atoms with Crippen LogP contribution in [0.2, 0.25) is 0 Å². The lowest BCUT2D eigenvalue weighted by atomic mass is 9.74. The molecule has 2 saturated heterocycles.